The third-order valence-electron chi connectivity index (χ3n) is 5.53. The molecule has 1 aliphatic heterocycles. The zero-order valence-corrected chi connectivity index (χ0v) is 16.9. The monoisotopic (exact) mass is 400 g/mol. The number of hydrogen-bond donors (Lipinski definition) is 2. The normalized spacial score (nSPS) is 21.7. The van der Waals surface area contributed by atoms with Crippen molar-refractivity contribution in [1.29, 1.82) is 0 Å². The first-order valence-electron chi connectivity index (χ1n) is 9.55. The molecule has 3 amide bonds. The van der Waals surface area contributed by atoms with E-state index in [0.717, 1.165) is 34.9 Å². The minimum absolute atomic E-state index is 0.351. The highest BCUT2D eigenvalue weighted by molar-refractivity contribution is 7.19. The molecular weight excluding hydrogens is 376 g/mol. The Kier molecular flexibility index (Phi) is 4.78. The van der Waals surface area contributed by atoms with Gasteiger partial charge >= 0.3 is 6.03 Å². The second kappa shape index (κ2) is 7.12. The van der Waals surface area contributed by atoms with Crippen molar-refractivity contribution < 1.29 is 9.59 Å². The molecule has 148 valence electrons. The van der Waals surface area contributed by atoms with Gasteiger partial charge in [0.1, 0.15) is 11.4 Å². The van der Waals surface area contributed by atoms with E-state index in [9.17, 15) is 9.59 Å². The maximum absolute atomic E-state index is 12.7. The lowest BCUT2D eigenvalue weighted by Crippen LogP contribution is -2.55. The maximum Gasteiger partial charge on any atom is 0.324 e. The molecule has 28 heavy (non-hydrogen) atoms. The average Bonchev–Trinajstić information content (AvgIpc) is 3.25. The summed E-state index contributed by atoms with van der Waals surface area (Å²) in [4.78, 5) is 40.5. The number of anilines is 1. The molecule has 0 unspecified atom stereocenters. The molecule has 9 heteroatoms. The fourth-order valence-electron chi connectivity index (χ4n) is 3.60. The number of amides is 3. The van der Waals surface area contributed by atoms with Crippen LogP contribution in [0, 0.1) is 12.8 Å². The number of carbonyl (C=O) groups excluding carboxylic acids is 2. The van der Waals surface area contributed by atoms with Gasteiger partial charge in [0.15, 0.2) is 5.13 Å². The third-order valence-corrected chi connectivity index (χ3v) is 6.63. The molecule has 0 bridgehead atoms. The van der Waals surface area contributed by atoms with E-state index in [2.05, 4.69) is 20.3 Å². The van der Waals surface area contributed by atoms with E-state index < -0.39 is 11.4 Å². The summed E-state index contributed by atoms with van der Waals surface area (Å²) in [5.74, 6) is 1.08. The molecule has 1 aliphatic carbocycles. The zero-order valence-electron chi connectivity index (χ0n) is 16.1. The van der Waals surface area contributed by atoms with Crippen LogP contribution in [0.25, 0.3) is 10.6 Å². The number of nitrogens with zero attached hydrogens (tertiary/aromatic N) is 4. The number of thiazole rings is 1. The minimum atomic E-state index is -0.955. The van der Waals surface area contributed by atoms with Crippen LogP contribution in [0.5, 0.6) is 0 Å². The predicted octanol–water partition coefficient (Wildman–Crippen LogP) is 2.73. The van der Waals surface area contributed by atoms with E-state index >= 15 is 0 Å². The Morgan fingerprint density at radius 1 is 1.39 bits per heavy atom. The van der Waals surface area contributed by atoms with Gasteiger partial charge in [0, 0.05) is 19.2 Å². The number of nitrogens with one attached hydrogen (secondary N) is 1. The second-order valence-corrected chi connectivity index (χ2v) is 8.76. The summed E-state index contributed by atoms with van der Waals surface area (Å²) in [5.41, 5.74) is 6.19. The molecule has 0 radical (unpaired) electrons. The zero-order chi connectivity index (χ0) is 19.9. The Morgan fingerprint density at radius 3 is 2.89 bits per heavy atom. The van der Waals surface area contributed by atoms with Gasteiger partial charge in [-0.2, -0.15) is 0 Å². The van der Waals surface area contributed by atoms with Crippen molar-refractivity contribution >= 4 is 28.4 Å². The molecule has 3 N–H and O–H groups in total. The van der Waals surface area contributed by atoms with E-state index in [1.54, 1.807) is 13.1 Å². The lowest BCUT2D eigenvalue weighted by Gasteiger charge is -2.31. The molecular formula is C19H24N6O2S. The van der Waals surface area contributed by atoms with Crippen molar-refractivity contribution in [2.24, 2.45) is 11.7 Å². The van der Waals surface area contributed by atoms with Crippen LogP contribution in [0.15, 0.2) is 12.3 Å². The maximum atomic E-state index is 12.7. The number of likely N-dealkylation sites (tertiary alicyclic amines) is 1. The summed E-state index contributed by atoms with van der Waals surface area (Å²) in [6.07, 6.45) is 6.52. The topological polar surface area (TPSA) is 114 Å². The first-order valence-corrected chi connectivity index (χ1v) is 10.4. The van der Waals surface area contributed by atoms with Crippen molar-refractivity contribution in [3.8, 4) is 10.6 Å². The summed E-state index contributed by atoms with van der Waals surface area (Å²) in [7, 11) is 0. The van der Waals surface area contributed by atoms with Crippen molar-refractivity contribution in [2.45, 2.75) is 51.5 Å². The van der Waals surface area contributed by atoms with Crippen molar-refractivity contribution in [3.05, 3.63) is 23.8 Å². The summed E-state index contributed by atoms with van der Waals surface area (Å²) in [5, 5.41) is 3.31. The Hall–Kier alpha value is -2.55. The lowest BCUT2D eigenvalue weighted by atomic mass is 9.98. The molecule has 4 rings (SSSR count). The number of carbonyl (C=O) groups is 2. The van der Waals surface area contributed by atoms with Crippen LogP contribution in [0.4, 0.5) is 9.93 Å². The smallest absolute Gasteiger partial charge is 0.324 e. The standard InChI is InChI=1S/C19H24N6O2S/c1-11-15(13-6-8-21-14(23-13)10-12-4-5-12)28-17(22-11)24-18(27)25-9-3-7-19(25,2)16(20)26/h6,8,12H,3-5,7,9-10H2,1-2H3,(H2,20,26)(H,22,24,27)/t19-/m0/s1. The largest absolute Gasteiger partial charge is 0.368 e. The number of hydrogen-bond acceptors (Lipinski definition) is 6. The van der Waals surface area contributed by atoms with E-state index in [1.165, 1.54) is 29.1 Å². The predicted molar refractivity (Wildman–Crippen MR) is 107 cm³/mol. The van der Waals surface area contributed by atoms with Gasteiger partial charge in [-0.3, -0.25) is 10.1 Å². The van der Waals surface area contributed by atoms with E-state index in [-0.39, 0.29) is 6.03 Å². The third kappa shape index (κ3) is 3.58. The molecule has 0 spiro atoms. The molecule has 1 atom stereocenters. The highest BCUT2D eigenvalue weighted by atomic mass is 32.1. The fourth-order valence-corrected chi connectivity index (χ4v) is 4.52. The number of aryl methyl sites for hydroxylation is 1. The average molecular weight is 401 g/mol. The molecule has 1 saturated carbocycles. The Bertz CT molecular complexity index is 925. The van der Waals surface area contributed by atoms with Crippen LogP contribution in [0.2, 0.25) is 0 Å². The quantitative estimate of drug-likeness (QED) is 0.801. The van der Waals surface area contributed by atoms with Gasteiger partial charge in [0.05, 0.1) is 16.3 Å². The Labute approximate surface area is 167 Å². The Balaban J connectivity index is 1.52. The molecule has 2 aromatic heterocycles. The van der Waals surface area contributed by atoms with E-state index in [4.69, 9.17) is 5.73 Å². The van der Waals surface area contributed by atoms with Crippen molar-refractivity contribution in [3.63, 3.8) is 0 Å². The first kappa shape index (κ1) is 18.8. The summed E-state index contributed by atoms with van der Waals surface area (Å²) < 4.78 is 0. The van der Waals surface area contributed by atoms with E-state index in [0.29, 0.717) is 24.0 Å². The van der Waals surface area contributed by atoms with Gasteiger partial charge in [-0.05, 0) is 51.5 Å². The van der Waals surface area contributed by atoms with E-state index in [1.807, 2.05) is 13.0 Å². The Morgan fingerprint density at radius 2 is 2.18 bits per heavy atom. The van der Waals surface area contributed by atoms with Crippen molar-refractivity contribution in [1.82, 2.24) is 19.9 Å². The first-order chi connectivity index (χ1) is 13.4. The molecule has 1 saturated heterocycles. The van der Waals surface area contributed by atoms with Gasteiger partial charge < -0.3 is 10.6 Å². The molecule has 0 aromatic carbocycles. The van der Waals surface area contributed by atoms with Gasteiger partial charge in [-0.1, -0.05) is 11.3 Å². The van der Waals surface area contributed by atoms with Gasteiger partial charge in [-0.25, -0.2) is 19.7 Å². The molecule has 3 heterocycles. The minimum Gasteiger partial charge on any atom is -0.368 e. The second-order valence-electron chi connectivity index (χ2n) is 7.76. The summed E-state index contributed by atoms with van der Waals surface area (Å²) >= 11 is 1.38. The summed E-state index contributed by atoms with van der Waals surface area (Å²) in [6, 6.07) is 1.52. The van der Waals surface area contributed by atoms with Crippen LogP contribution < -0.4 is 11.1 Å². The summed E-state index contributed by atoms with van der Waals surface area (Å²) in [6.45, 7) is 4.11. The number of urea groups is 1. The number of rotatable bonds is 5. The number of nitrogens with two attached hydrogens (primary N) is 1. The fraction of sp³-hybridized carbons (Fsp3) is 0.526. The molecule has 2 fully saturated rings. The highest BCUT2D eigenvalue weighted by Crippen LogP contribution is 2.35. The van der Waals surface area contributed by atoms with Crippen LogP contribution >= 0.6 is 11.3 Å². The lowest BCUT2D eigenvalue weighted by molar-refractivity contribution is -0.126. The molecule has 2 aromatic rings. The SMILES string of the molecule is Cc1nc(NC(=O)N2CCC[C@@]2(C)C(N)=O)sc1-c1ccnc(CC2CC2)n1. The van der Waals surface area contributed by atoms with Crippen LogP contribution in [0.3, 0.4) is 0 Å². The van der Waals surface area contributed by atoms with Crippen LogP contribution in [-0.4, -0.2) is 43.9 Å². The van der Waals surface area contributed by atoms with Crippen LogP contribution in [-0.2, 0) is 11.2 Å². The van der Waals surface area contributed by atoms with Gasteiger partial charge in [-0.15, -0.1) is 0 Å². The van der Waals surface area contributed by atoms with Crippen molar-refractivity contribution in [2.75, 3.05) is 11.9 Å². The molecule has 2 aliphatic rings. The number of aromatic nitrogens is 3. The highest BCUT2D eigenvalue weighted by Gasteiger charge is 2.44. The number of primary amides is 1. The van der Waals surface area contributed by atoms with Crippen LogP contribution in [0.1, 0.15) is 44.1 Å². The molecule has 8 nitrogen and oxygen atoms in total. The van der Waals surface area contributed by atoms with Gasteiger partial charge in [0.25, 0.3) is 0 Å². The van der Waals surface area contributed by atoms with Gasteiger partial charge in [0.2, 0.25) is 5.91 Å².